The second kappa shape index (κ2) is 7.88. The number of hydrogen-bond acceptors (Lipinski definition) is 3. The van der Waals surface area contributed by atoms with Crippen LogP contribution in [0.2, 0.25) is 0 Å². The van der Waals surface area contributed by atoms with Crippen molar-refractivity contribution in [2.45, 2.75) is 19.3 Å². The lowest BCUT2D eigenvalue weighted by Gasteiger charge is -2.05. The molecule has 1 amide bonds. The fraction of sp³-hybridized carbons (Fsp3) is 0.200. The number of hydrogen-bond donors (Lipinski definition) is 1. The molecule has 1 N–H and O–H groups in total. The third-order valence-electron chi connectivity index (χ3n) is 3.92. The molecule has 0 atom stereocenters. The molecule has 0 radical (unpaired) electrons. The molecular weight excluding hydrogens is 318 g/mol. The lowest BCUT2D eigenvalue weighted by Crippen LogP contribution is -2.25. The van der Waals surface area contributed by atoms with Crippen molar-refractivity contribution in [2.75, 3.05) is 6.54 Å². The topological polar surface area (TPSA) is 46.2 Å². The molecule has 0 unspecified atom stereocenters. The van der Waals surface area contributed by atoms with Crippen LogP contribution in [0.1, 0.15) is 28.1 Å². The summed E-state index contributed by atoms with van der Waals surface area (Å²) in [7, 11) is 0. The third-order valence-corrected chi connectivity index (χ3v) is 4.86. The maximum atomic E-state index is 12.3. The van der Waals surface area contributed by atoms with Crippen molar-refractivity contribution in [1.82, 2.24) is 5.32 Å². The number of benzene rings is 2. The van der Waals surface area contributed by atoms with Gasteiger partial charge < -0.3 is 5.32 Å². The Kier molecular flexibility index (Phi) is 5.39. The van der Waals surface area contributed by atoms with Gasteiger partial charge in [-0.15, -0.1) is 11.3 Å². The summed E-state index contributed by atoms with van der Waals surface area (Å²) in [6.07, 6.45) is 1.31. The summed E-state index contributed by atoms with van der Waals surface area (Å²) in [6.45, 7) is 0.615. The predicted molar refractivity (Wildman–Crippen MR) is 98.5 cm³/mol. The van der Waals surface area contributed by atoms with E-state index < -0.39 is 0 Å². The predicted octanol–water partition coefficient (Wildman–Crippen LogP) is 4.22. The van der Waals surface area contributed by atoms with Gasteiger partial charge in [0.15, 0.2) is 5.78 Å². The zero-order valence-corrected chi connectivity index (χ0v) is 14.1. The maximum Gasteiger partial charge on any atom is 0.220 e. The van der Waals surface area contributed by atoms with E-state index in [1.54, 1.807) is 11.3 Å². The van der Waals surface area contributed by atoms with Crippen molar-refractivity contribution in [1.29, 1.82) is 0 Å². The molecule has 3 nitrogen and oxygen atoms in total. The number of rotatable bonds is 7. The molecule has 0 spiro atoms. The van der Waals surface area contributed by atoms with Crippen molar-refractivity contribution in [3.8, 4) is 0 Å². The molecule has 3 aromatic rings. The average molecular weight is 337 g/mol. The molecule has 0 bridgehead atoms. The molecule has 0 fully saturated rings. The highest BCUT2D eigenvalue weighted by atomic mass is 32.1. The van der Waals surface area contributed by atoms with Crippen molar-refractivity contribution in [3.05, 3.63) is 70.4 Å². The van der Waals surface area contributed by atoms with E-state index in [0.29, 0.717) is 12.1 Å². The number of ketones is 1. The van der Waals surface area contributed by atoms with E-state index >= 15 is 0 Å². The molecule has 0 saturated heterocycles. The van der Waals surface area contributed by atoms with Crippen LogP contribution in [-0.2, 0) is 11.2 Å². The molecule has 4 heteroatoms. The zero-order chi connectivity index (χ0) is 16.8. The first kappa shape index (κ1) is 16.4. The lowest BCUT2D eigenvalue weighted by molar-refractivity contribution is -0.121. The molecule has 24 heavy (non-hydrogen) atoms. The highest BCUT2D eigenvalue weighted by Gasteiger charge is 2.10. The second-order valence-electron chi connectivity index (χ2n) is 5.66. The fourth-order valence-corrected chi connectivity index (χ4v) is 3.31. The van der Waals surface area contributed by atoms with Crippen LogP contribution in [0, 0.1) is 0 Å². The minimum Gasteiger partial charge on any atom is -0.356 e. The van der Waals surface area contributed by atoms with Crippen molar-refractivity contribution in [2.24, 2.45) is 0 Å². The number of carbonyl (C=O) groups is 2. The van der Waals surface area contributed by atoms with Crippen LogP contribution in [0.5, 0.6) is 0 Å². The number of Topliss-reactive ketones (excluding diaryl/α,β-unsaturated/α-hetero) is 1. The Bertz CT molecular complexity index is 840. The Hall–Kier alpha value is -2.46. The molecule has 2 aromatic carbocycles. The van der Waals surface area contributed by atoms with Gasteiger partial charge in [0.2, 0.25) is 5.91 Å². The Balaban J connectivity index is 1.48. The van der Waals surface area contributed by atoms with Crippen molar-refractivity contribution in [3.63, 3.8) is 0 Å². The molecule has 0 aliphatic rings. The summed E-state index contributed by atoms with van der Waals surface area (Å²) in [4.78, 5) is 25.4. The highest BCUT2D eigenvalue weighted by Crippen LogP contribution is 2.17. The molecule has 0 aliphatic heterocycles. The number of carbonyl (C=O) groups excluding carboxylic acids is 2. The number of fused-ring (bicyclic) bond motifs is 1. The first-order chi connectivity index (χ1) is 11.7. The Morgan fingerprint density at radius 3 is 2.54 bits per heavy atom. The summed E-state index contributed by atoms with van der Waals surface area (Å²) in [5.74, 6) is -0.0603. The maximum absolute atomic E-state index is 12.3. The normalized spacial score (nSPS) is 10.7. The first-order valence-electron chi connectivity index (χ1n) is 8.03. The summed E-state index contributed by atoms with van der Waals surface area (Å²) in [5.41, 5.74) is 0.667. The van der Waals surface area contributed by atoms with E-state index in [-0.39, 0.29) is 24.5 Å². The van der Waals surface area contributed by atoms with Crippen LogP contribution in [0.15, 0.2) is 60.0 Å². The van der Waals surface area contributed by atoms with Gasteiger partial charge in [-0.3, -0.25) is 9.59 Å². The molecule has 0 aliphatic carbocycles. The SMILES string of the molecule is O=C(CCC(=O)c1ccc2ccccc2c1)NCCc1cccs1. The van der Waals surface area contributed by atoms with Gasteiger partial charge in [0.1, 0.15) is 0 Å². The first-order valence-corrected chi connectivity index (χ1v) is 8.91. The third kappa shape index (κ3) is 4.30. The average Bonchev–Trinajstić information content (AvgIpc) is 3.12. The van der Waals surface area contributed by atoms with E-state index in [4.69, 9.17) is 0 Å². The van der Waals surface area contributed by atoms with Crippen LogP contribution in [0.3, 0.4) is 0 Å². The lowest BCUT2D eigenvalue weighted by atomic mass is 10.0. The van der Waals surface area contributed by atoms with E-state index in [9.17, 15) is 9.59 Å². The van der Waals surface area contributed by atoms with E-state index in [1.165, 1.54) is 4.88 Å². The standard InChI is InChI=1S/C20H19NO2S/c22-19(17-8-7-15-4-1-2-5-16(15)14-17)9-10-20(23)21-12-11-18-6-3-13-24-18/h1-8,13-14H,9-12H2,(H,21,23). The number of thiophene rings is 1. The Labute approximate surface area is 145 Å². The summed E-state index contributed by atoms with van der Waals surface area (Å²) >= 11 is 1.69. The minimum absolute atomic E-state index is 0.00848. The van der Waals surface area contributed by atoms with Gasteiger partial charge >= 0.3 is 0 Å². The summed E-state index contributed by atoms with van der Waals surface area (Å²) in [5, 5.41) is 7.06. The summed E-state index contributed by atoms with van der Waals surface area (Å²) < 4.78 is 0. The molecule has 0 saturated carbocycles. The molecule has 1 aromatic heterocycles. The smallest absolute Gasteiger partial charge is 0.220 e. The minimum atomic E-state index is -0.0688. The molecular formula is C20H19NO2S. The van der Waals surface area contributed by atoms with Crippen LogP contribution < -0.4 is 5.32 Å². The van der Waals surface area contributed by atoms with Crippen LogP contribution in [0.25, 0.3) is 10.8 Å². The quantitative estimate of drug-likeness (QED) is 0.656. The molecule has 1 heterocycles. The number of nitrogens with one attached hydrogen (secondary N) is 1. The second-order valence-corrected chi connectivity index (χ2v) is 6.70. The summed E-state index contributed by atoms with van der Waals surface area (Å²) in [6, 6.07) is 17.7. The van der Waals surface area contributed by atoms with Gasteiger partial charge in [0.05, 0.1) is 0 Å². The van der Waals surface area contributed by atoms with Gasteiger partial charge in [-0.25, -0.2) is 0 Å². The Morgan fingerprint density at radius 2 is 1.75 bits per heavy atom. The highest BCUT2D eigenvalue weighted by molar-refractivity contribution is 7.09. The molecule has 3 rings (SSSR count). The van der Waals surface area contributed by atoms with E-state index in [1.807, 2.05) is 53.9 Å². The Morgan fingerprint density at radius 1 is 0.917 bits per heavy atom. The molecule has 122 valence electrons. The van der Waals surface area contributed by atoms with E-state index in [0.717, 1.165) is 17.2 Å². The van der Waals surface area contributed by atoms with Gasteiger partial charge in [-0.1, -0.05) is 42.5 Å². The van der Waals surface area contributed by atoms with Crippen molar-refractivity contribution >= 4 is 33.8 Å². The van der Waals surface area contributed by atoms with Gasteiger partial charge in [0, 0.05) is 29.8 Å². The van der Waals surface area contributed by atoms with Crippen LogP contribution in [0.4, 0.5) is 0 Å². The van der Waals surface area contributed by atoms with Crippen molar-refractivity contribution < 1.29 is 9.59 Å². The van der Waals surface area contributed by atoms with Crippen LogP contribution in [-0.4, -0.2) is 18.2 Å². The van der Waals surface area contributed by atoms with Gasteiger partial charge in [0.25, 0.3) is 0 Å². The van der Waals surface area contributed by atoms with Gasteiger partial charge in [-0.05, 0) is 34.7 Å². The van der Waals surface area contributed by atoms with E-state index in [2.05, 4.69) is 11.4 Å². The fourth-order valence-electron chi connectivity index (χ4n) is 2.60. The zero-order valence-electron chi connectivity index (χ0n) is 13.3. The monoisotopic (exact) mass is 337 g/mol. The number of amides is 1. The van der Waals surface area contributed by atoms with Gasteiger partial charge in [-0.2, -0.15) is 0 Å². The van der Waals surface area contributed by atoms with Crippen LogP contribution >= 0.6 is 11.3 Å². The largest absolute Gasteiger partial charge is 0.356 e.